The Morgan fingerprint density at radius 2 is 1.67 bits per heavy atom. The summed E-state index contributed by atoms with van der Waals surface area (Å²) in [4.78, 5) is 12.2. The van der Waals surface area contributed by atoms with Gasteiger partial charge in [-0.3, -0.25) is 4.79 Å². The molecule has 3 heteroatoms. The van der Waals surface area contributed by atoms with Gasteiger partial charge in [0.1, 0.15) is 0 Å². The number of carbonyl (C=O) groups is 1. The molecule has 0 aromatic heterocycles. The van der Waals surface area contributed by atoms with Crippen LogP contribution < -0.4 is 5.32 Å². The molecule has 4 rings (SSSR count). The van der Waals surface area contributed by atoms with Crippen LogP contribution in [0.25, 0.3) is 0 Å². The Morgan fingerprint density at radius 3 is 2.40 bits per heavy atom. The Kier molecular flexibility index (Phi) is 6.34. The summed E-state index contributed by atoms with van der Waals surface area (Å²) in [6.45, 7) is 11.7. The van der Waals surface area contributed by atoms with Crippen LogP contribution >= 0.6 is 0 Å². The van der Waals surface area contributed by atoms with Crippen LogP contribution in [0.1, 0.15) is 105 Å². The average molecular weight is 418 g/mol. The van der Waals surface area contributed by atoms with Gasteiger partial charge in [0, 0.05) is 12.5 Å². The fourth-order valence-electron chi connectivity index (χ4n) is 9.16. The number of aliphatic hydroxyl groups is 1. The van der Waals surface area contributed by atoms with E-state index < -0.39 is 0 Å². The first-order valence-electron chi connectivity index (χ1n) is 13.1. The first-order valence-corrected chi connectivity index (χ1v) is 13.1. The molecule has 0 heterocycles. The second-order valence-electron chi connectivity index (χ2n) is 12.6. The minimum absolute atomic E-state index is 0.0434. The SMILES string of the molecule is CC(C)NC(=O)CC[C@@H](C)[C@H]1CC[C@H]2[C@@H]3CC[C@@H]4C[C@H](O)CC[C@]4(C)[C@H]3CC[C@]12C. The second-order valence-corrected chi connectivity index (χ2v) is 12.6. The number of aliphatic hydroxyl groups excluding tert-OH is 1. The molecule has 4 aliphatic carbocycles. The largest absolute Gasteiger partial charge is 0.393 e. The lowest BCUT2D eigenvalue weighted by Gasteiger charge is -2.61. The normalized spacial score (nSPS) is 46.6. The molecule has 0 radical (unpaired) electrons. The van der Waals surface area contributed by atoms with Crippen LogP contribution in [-0.2, 0) is 4.79 Å². The van der Waals surface area contributed by atoms with E-state index in [1.165, 1.54) is 44.9 Å². The van der Waals surface area contributed by atoms with Gasteiger partial charge in [0.15, 0.2) is 0 Å². The number of hydrogen-bond acceptors (Lipinski definition) is 2. The summed E-state index contributed by atoms with van der Waals surface area (Å²) in [7, 11) is 0. The monoisotopic (exact) mass is 417 g/mol. The molecule has 4 saturated carbocycles. The van der Waals surface area contributed by atoms with E-state index in [2.05, 4.69) is 26.1 Å². The van der Waals surface area contributed by atoms with Gasteiger partial charge in [-0.15, -0.1) is 0 Å². The fourth-order valence-corrected chi connectivity index (χ4v) is 9.16. The number of fused-ring (bicyclic) bond motifs is 5. The van der Waals surface area contributed by atoms with Gasteiger partial charge < -0.3 is 10.4 Å². The molecule has 4 aliphatic rings. The molecular formula is C27H47NO2. The maximum atomic E-state index is 12.2. The smallest absolute Gasteiger partial charge is 0.220 e. The Hall–Kier alpha value is -0.570. The summed E-state index contributed by atoms with van der Waals surface area (Å²) in [6, 6.07) is 0.244. The van der Waals surface area contributed by atoms with Crippen LogP contribution in [0.15, 0.2) is 0 Å². The van der Waals surface area contributed by atoms with Crippen molar-refractivity contribution in [3.63, 3.8) is 0 Å². The number of hydrogen-bond donors (Lipinski definition) is 2. The molecule has 0 spiro atoms. The molecule has 0 unspecified atom stereocenters. The van der Waals surface area contributed by atoms with Crippen molar-refractivity contribution in [2.75, 3.05) is 0 Å². The first kappa shape index (κ1) is 22.6. The molecule has 0 aliphatic heterocycles. The highest BCUT2D eigenvalue weighted by molar-refractivity contribution is 5.76. The summed E-state index contributed by atoms with van der Waals surface area (Å²) in [5.41, 5.74) is 0.953. The highest BCUT2D eigenvalue weighted by Gasteiger charge is 2.60. The van der Waals surface area contributed by atoms with Crippen LogP contribution in [0, 0.1) is 46.3 Å². The molecule has 1 amide bonds. The molecule has 0 bridgehead atoms. The third-order valence-corrected chi connectivity index (χ3v) is 10.7. The van der Waals surface area contributed by atoms with Crippen LogP contribution in [0.4, 0.5) is 0 Å². The van der Waals surface area contributed by atoms with Crippen molar-refractivity contribution < 1.29 is 9.90 Å². The van der Waals surface area contributed by atoms with E-state index in [4.69, 9.17) is 0 Å². The van der Waals surface area contributed by atoms with Crippen molar-refractivity contribution in [3.8, 4) is 0 Å². The van der Waals surface area contributed by atoms with E-state index in [9.17, 15) is 9.90 Å². The standard InChI is InChI=1S/C27H47NO2/c1-17(2)28-25(30)11-6-18(3)22-9-10-23-21-8-7-19-16-20(29)12-14-26(19,4)24(21)13-15-27(22,23)5/h17-24,29H,6-16H2,1-5H3,(H,28,30)/t18-,19-,20-,21+,22-,23+,24+,26+,27-/m1/s1. The van der Waals surface area contributed by atoms with Gasteiger partial charge in [-0.05, 0) is 124 Å². The lowest BCUT2D eigenvalue weighted by atomic mass is 9.44. The number of carbonyl (C=O) groups excluding carboxylic acids is 1. The minimum atomic E-state index is -0.0434. The first-order chi connectivity index (χ1) is 14.1. The van der Waals surface area contributed by atoms with Gasteiger partial charge in [-0.2, -0.15) is 0 Å². The van der Waals surface area contributed by atoms with Gasteiger partial charge in [-0.1, -0.05) is 20.8 Å². The highest BCUT2D eigenvalue weighted by Crippen LogP contribution is 2.68. The van der Waals surface area contributed by atoms with Gasteiger partial charge >= 0.3 is 0 Å². The number of nitrogens with one attached hydrogen (secondary N) is 1. The Bertz CT molecular complexity index is 632. The van der Waals surface area contributed by atoms with E-state index in [-0.39, 0.29) is 18.1 Å². The van der Waals surface area contributed by atoms with E-state index in [0.29, 0.717) is 23.2 Å². The molecule has 3 nitrogen and oxygen atoms in total. The zero-order chi connectivity index (χ0) is 21.7. The van der Waals surface area contributed by atoms with Crippen molar-refractivity contribution >= 4 is 5.91 Å². The lowest BCUT2D eigenvalue weighted by molar-refractivity contribution is -0.130. The molecular weight excluding hydrogens is 370 g/mol. The van der Waals surface area contributed by atoms with E-state index in [1.807, 2.05) is 13.8 Å². The molecule has 4 fully saturated rings. The summed E-state index contributed by atoms with van der Waals surface area (Å²) in [6.07, 6.45) is 13.3. The van der Waals surface area contributed by atoms with Crippen molar-refractivity contribution in [2.24, 2.45) is 46.3 Å². The molecule has 2 N–H and O–H groups in total. The topological polar surface area (TPSA) is 49.3 Å². The van der Waals surface area contributed by atoms with Crippen LogP contribution in [-0.4, -0.2) is 23.2 Å². The summed E-state index contributed by atoms with van der Waals surface area (Å²) in [5, 5.41) is 13.3. The zero-order valence-corrected chi connectivity index (χ0v) is 20.3. The van der Waals surface area contributed by atoms with Gasteiger partial charge in [-0.25, -0.2) is 0 Å². The quantitative estimate of drug-likeness (QED) is 0.581. The molecule has 30 heavy (non-hydrogen) atoms. The second kappa shape index (κ2) is 8.41. The van der Waals surface area contributed by atoms with Gasteiger partial charge in [0.05, 0.1) is 6.10 Å². The summed E-state index contributed by atoms with van der Waals surface area (Å²) in [5.74, 6) is 5.08. The average Bonchev–Trinajstić information content (AvgIpc) is 3.03. The fraction of sp³-hybridized carbons (Fsp3) is 0.963. The molecule has 172 valence electrons. The van der Waals surface area contributed by atoms with Gasteiger partial charge in [0.2, 0.25) is 5.91 Å². The Morgan fingerprint density at radius 1 is 0.967 bits per heavy atom. The van der Waals surface area contributed by atoms with Crippen LogP contribution in [0.2, 0.25) is 0 Å². The third-order valence-electron chi connectivity index (χ3n) is 10.7. The lowest BCUT2D eigenvalue weighted by Crippen LogP contribution is -2.54. The van der Waals surface area contributed by atoms with E-state index in [0.717, 1.165) is 48.9 Å². The van der Waals surface area contributed by atoms with E-state index in [1.54, 1.807) is 0 Å². The summed E-state index contributed by atoms with van der Waals surface area (Å²) >= 11 is 0. The van der Waals surface area contributed by atoms with Crippen molar-refractivity contribution in [2.45, 2.75) is 117 Å². The predicted octanol–water partition coefficient (Wildman–Crippen LogP) is 5.95. The van der Waals surface area contributed by atoms with Crippen molar-refractivity contribution in [3.05, 3.63) is 0 Å². The Labute approximate surface area is 185 Å². The number of rotatable bonds is 5. The van der Waals surface area contributed by atoms with Crippen molar-refractivity contribution in [1.82, 2.24) is 5.32 Å². The molecule has 0 aromatic carbocycles. The molecule has 9 atom stereocenters. The molecule has 0 aromatic rings. The van der Waals surface area contributed by atoms with Crippen LogP contribution in [0.5, 0.6) is 0 Å². The van der Waals surface area contributed by atoms with E-state index >= 15 is 0 Å². The maximum absolute atomic E-state index is 12.2. The third kappa shape index (κ3) is 3.86. The van der Waals surface area contributed by atoms with Gasteiger partial charge in [0.25, 0.3) is 0 Å². The predicted molar refractivity (Wildman–Crippen MR) is 123 cm³/mol. The maximum Gasteiger partial charge on any atom is 0.220 e. The summed E-state index contributed by atoms with van der Waals surface area (Å²) < 4.78 is 0. The van der Waals surface area contributed by atoms with Crippen LogP contribution in [0.3, 0.4) is 0 Å². The molecule has 0 saturated heterocycles. The number of amides is 1. The highest BCUT2D eigenvalue weighted by atomic mass is 16.3. The zero-order valence-electron chi connectivity index (χ0n) is 20.3. The minimum Gasteiger partial charge on any atom is -0.393 e. The Balaban J connectivity index is 1.43. The van der Waals surface area contributed by atoms with Crippen molar-refractivity contribution in [1.29, 1.82) is 0 Å².